The second-order valence-electron chi connectivity index (χ2n) is 2.49. The topological polar surface area (TPSA) is 12.4 Å². The van der Waals surface area contributed by atoms with E-state index < -0.39 is 10.0 Å². The third-order valence-corrected chi connectivity index (χ3v) is 2.53. The Kier molecular flexibility index (Phi) is 4.62. The summed E-state index contributed by atoms with van der Waals surface area (Å²) in [5.41, 5.74) is 1.93. The molecule has 0 aliphatic rings. The number of hydrogen-bond acceptors (Lipinski definition) is 1. The minimum Gasteiger partial charge on any atom is -0.260 e. The van der Waals surface area contributed by atoms with Gasteiger partial charge in [0.05, 0.1) is 0 Å². The van der Waals surface area contributed by atoms with Crippen LogP contribution < -0.4 is 0 Å². The maximum Gasteiger partial charge on any atom is 0.0456 e. The predicted molar refractivity (Wildman–Crippen MR) is 57.5 cm³/mol. The molecule has 0 rings (SSSR count). The Morgan fingerprint density at radius 3 is 2.36 bits per heavy atom. The van der Waals surface area contributed by atoms with Gasteiger partial charge in [0.25, 0.3) is 0 Å². The lowest BCUT2D eigenvalue weighted by atomic mass is 10.6. The molecule has 0 spiro atoms. The van der Waals surface area contributed by atoms with Gasteiger partial charge in [-0.15, -0.1) is 0 Å². The molecule has 0 aliphatic heterocycles. The van der Waals surface area contributed by atoms with Crippen LogP contribution in [0.1, 0.15) is 0 Å². The van der Waals surface area contributed by atoms with Crippen LogP contribution >= 0.6 is 10.0 Å². The number of rotatable bonds is 4. The molecule has 2 heteroatoms. The summed E-state index contributed by atoms with van der Waals surface area (Å²) in [5.74, 6) is 0. The van der Waals surface area contributed by atoms with Gasteiger partial charge < -0.3 is 0 Å². The molecule has 0 saturated carbocycles. The van der Waals surface area contributed by atoms with Gasteiger partial charge in [-0.2, -0.15) is 10.0 Å². The maximum absolute atomic E-state index is 3.99. The van der Waals surface area contributed by atoms with Crippen LogP contribution in [0.15, 0.2) is 41.9 Å². The summed E-state index contributed by atoms with van der Waals surface area (Å²) < 4.78 is 0. The second kappa shape index (κ2) is 4.97. The molecule has 0 fully saturated rings. The molecule has 0 atom stereocenters. The summed E-state index contributed by atoms with van der Waals surface area (Å²) in [6.45, 7) is 7.12. The summed E-state index contributed by atoms with van der Waals surface area (Å²) >= 11 is 0. The van der Waals surface area contributed by atoms with Gasteiger partial charge in [0.2, 0.25) is 0 Å². The molecular weight excluding hydrogens is 154 g/mol. The second-order valence-corrected chi connectivity index (χ2v) is 5.95. The summed E-state index contributed by atoms with van der Waals surface area (Å²) in [7, 11) is -0.821. The maximum atomic E-state index is 3.99. The highest BCUT2D eigenvalue weighted by molar-refractivity contribution is 8.45. The van der Waals surface area contributed by atoms with Crippen molar-refractivity contribution in [3.8, 4) is 0 Å². The zero-order chi connectivity index (χ0) is 8.74. The summed E-state index contributed by atoms with van der Waals surface area (Å²) in [4.78, 5) is 3.99. The van der Waals surface area contributed by atoms with E-state index in [0.717, 1.165) is 0 Å². The molecule has 0 aromatic rings. The van der Waals surface area contributed by atoms with Crippen LogP contribution in [0, 0.1) is 0 Å². The fourth-order valence-electron chi connectivity index (χ4n) is 0.493. The van der Waals surface area contributed by atoms with Crippen LogP contribution in [-0.4, -0.2) is 18.1 Å². The van der Waals surface area contributed by atoms with Crippen molar-refractivity contribution in [1.29, 1.82) is 0 Å². The molecule has 0 bridgehead atoms. The Balaban J connectivity index is 4.20. The zero-order valence-corrected chi connectivity index (χ0v) is 7.97. The molecule has 1 nitrogen and oxygen atoms in total. The largest absolute Gasteiger partial charge is 0.260 e. The van der Waals surface area contributed by atoms with Crippen molar-refractivity contribution in [3.63, 3.8) is 0 Å². The minimum atomic E-state index is -0.821. The third kappa shape index (κ3) is 5.67. The van der Waals surface area contributed by atoms with Gasteiger partial charge >= 0.3 is 0 Å². The van der Waals surface area contributed by atoms with Gasteiger partial charge in [0.1, 0.15) is 0 Å². The lowest BCUT2D eigenvalue weighted by molar-refractivity contribution is 1.64. The minimum absolute atomic E-state index is 0.821. The van der Waals surface area contributed by atoms with Crippen LogP contribution in [0.4, 0.5) is 0 Å². The Labute approximate surface area is 70.5 Å². The number of aliphatic imine (C=N–C) groups is 1. The van der Waals surface area contributed by atoms with Crippen molar-refractivity contribution >= 4 is 15.6 Å². The van der Waals surface area contributed by atoms with E-state index >= 15 is 0 Å². The molecule has 0 saturated heterocycles. The number of hydrogen-bond donors (Lipinski definition) is 0. The van der Waals surface area contributed by atoms with Crippen LogP contribution in [-0.2, 0) is 0 Å². The first-order valence-corrected chi connectivity index (χ1v) is 5.86. The highest BCUT2D eigenvalue weighted by atomic mass is 32.3. The lowest BCUT2D eigenvalue weighted by Gasteiger charge is -2.19. The van der Waals surface area contributed by atoms with Crippen LogP contribution in [0.2, 0.25) is 0 Å². The Hall–Kier alpha value is -0.760. The van der Waals surface area contributed by atoms with E-state index in [0.29, 0.717) is 0 Å². The quantitative estimate of drug-likeness (QED) is 0.348. The monoisotopic (exact) mass is 169 g/mol. The van der Waals surface area contributed by atoms with Gasteiger partial charge in [0.15, 0.2) is 0 Å². The van der Waals surface area contributed by atoms with Gasteiger partial charge in [-0.3, -0.25) is 4.99 Å². The van der Waals surface area contributed by atoms with Crippen molar-refractivity contribution in [2.24, 2.45) is 4.99 Å². The molecule has 0 radical (unpaired) electrons. The third-order valence-electron chi connectivity index (χ3n) is 1.00. The van der Waals surface area contributed by atoms with Crippen molar-refractivity contribution in [2.75, 3.05) is 12.5 Å². The molecule has 0 heterocycles. The van der Waals surface area contributed by atoms with Crippen molar-refractivity contribution in [3.05, 3.63) is 36.9 Å². The standard InChI is InChI=1S/C9H15NS/c1-5-7-8-11(3,4)9-10-6-2/h5-9H,1-2H2,3-4H3/b8-7-,10-9?. The lowest BCUT2D eigenvalue weighted by Crippen LogP contribution is -1.89. The van der Waals surface area contributed by atoms with Gasteiger partial charge in [0, 0.05) is 11.7 Å². The van der Waals surface area contributed by atoms with Crippen molar-refractivity contribution in [1.82, 2.24) is 0 Å². The first kappa shape index (κ1) is 10.2. The van der Waals surface area contributed by atoms with E-state index in [1.165, 1.54) is 0 Å². The smallest absolute Gasteiger partial charge is 0.0456 e. The van der Waals surface area contributed by atoms with Crippen LogP contribution in [0.3, 0.4) is 0 Å². The molecule has 0 N–H and O–H groups in total. The summed E-state index contributed by atoms with van der Waals surface area (Å²) in [5, 5.41) is 2.12. The van der Waals surface area contributed by atoms with Gasteiger partial charge in [-0.25, -0.2) is 0 Å². The highest BCUT2D eigenvalue weighted by Crippen LogP contribution is 2.37. The van der Waals surface area contributed by atoms with Crippen LogP contribution in [0.5, 0.6) is 0 Å². The van der Waals surface area contributed by atoms with Gasteiger partial charge in [-0.1, -0.05) is 25.3 Å². The summed E-state index contributed by atoms with van der Waals surface area (Å²) in [6.07, 6.45) is 9.58. The average Bonchev–Trinajstić information content (AvgIpc) is 1.97. The van der Waals surface area contributed by atoms with E-state index in [1.807, 2.05) is 11.6 Å². The summed E-state index contributed by atoms with van der Waals surface area (Å²) in [6, 6.07) is 0. The number of allylic oxidation sites excluding steroid dienone is 2. The molecule has 11 heavy (non-hydrogen) atoms. The number of nitrogens with zero attached hydrogens (tertiary/aromatic N) is 1. The highest BCUT2D eigenvalue weighted by Gasteiger charge is 2.00. The van der Waals surface area contributed by atoms with E-state index in [9.17, 15) is 0 Å². The van der Waals surface area contributed by atoms with Gasteiger partial charge in [-0.05, 0) is 17.9 Å². The Morgan fingerprint density at radius 1 is 1.27 bits per heavy atom. The molecule has 62 valence electrons. The van der Waals surface area contributed by atoms with E-state index in [-0.39, 0.29) is 0 Å². The normalized spacial score (nSPS) is 14.0. The molecule has 0 amide bonds. The molecule has 0 aromatic carbocycles. The average molecular weight is 169 g/mol. The zero-order valence-electron chi connectivity index (χ0n) is 7.16. The van der Waals surface area contributed by atoms with E-state index in [2.05, 4.69) is 36.1 Å². The van der Waals surface area contributed by atoms with Crippen LogP contribution in [0.25, 0.3) is 0 Å². The first-order chi connectivity index (χ1) is 5.12. The van der Waals surface area contributed by atoms with E-state index in [4.69, 9.17) is 0 Å². The molecule has 0 unspecified atom stereocenters. The molecule has 0 aliphatic carbocycles. The van der Waals surface area contributed by atoms with E-state index in [1.54, 1.807) is 12.3 Å². The fourth-order valence-corrected chi connectivity index (χ4v) is 1.48. The fraction of sp³-hybridized carbons (Fsp3) is 0.222. The Bertz CT molecular complexity index is 170. The Morgan fingerprint density at radius 2 is 1.91 bits per heavy atom. The molecule has 0 aromatic heterocycles. The van der Waals surface area contributed by atoms with Crippen molar-refractivity contribution in [2.45, 2.75) is 0 Å². The first-order valence-electron chi connectivity index (χ1n) is 3.29. The molecular formula is C9H15NS. The van der Waals surface area contributed by atoms with Crippen molar-refractivity contribution < 1.29 is 0 Å². The predicted octanol–water partition coefficient (Wildman–Crippen LogP) is 2.92. The SMILES string of the molecule is C=C/C=C\S(C)(C)C=NC=C.